The normalized spacial score (nSPS) is 16.5. The highest BCUT2D eigenvalue weighted by atomic mass is 32.2. The van der Waals surface area contributed by atoms with E-state index >= 15 is 0 Å². The molecule has 0 bridgehead atoms. The van der Waals surface area contributed by atoms with Crippen LogP contribution in [0.1, 0.15) is 48.4 Å². The van der Waals surface area contributed by atoms with Gasteiger partial charge in [-0.25, -0.2) is 13.2 Å². The topological polar surface area (TPSA) is 127 Å². The molecule has 2 aromatic rings. The number of carbonyl (C=O) groups is 3. The number of ether oxygens (including phenoxy) is 1. The van der Waals surface area contributed by atoms with Crippen LogP contribution < -0.4 is 10.6 Å². The fourth-order valence-electron chi connectivity index (χ4n) is 4.26. The van der Waals surface area contributed by atoms with E-state index in [0.29, 0.717) is 35.6 Å². The van der Waals surface area contributed by atoms with Crippen molar-refractivity contribution >= 4 is 39.2 Å². The molecule has 0 spiro atoms. The van der Waals surface area contributed by atoms with Crippen LogP contribution in [0.4, 0.5) is 11.4 Å². The summed E-state index contributed by atoms with van der Waals surface area (Å²) in [6.45, 7) is 6.80. The lowest BCUT2D eigenvalue weighted by Gasteiger charge is -2.31. The number of sulfonamides is 1. The third-order valence-corrected chi connectivity index (χ3v) is 8.26. The van der Waals surface area contributed by atoms with Crippen molar-refractivity contribution in [2.24, 2.45) is 13.0 Å². The van der Waals surface area contributed by atoms with Gasteiger partial charge in [0.25, 0.3) is 0 Å². The molecule has 190 valence electrons. The zero-order chi connectivity index (χ0) is 25.9. The minimum atomic E-state index is -4.05. The van der Waals surface area contributed by atoms with Crippen molar-refractivity contribution in [2.75, 3.05) is 30.3 Å². The fraction of sp³-hybridized carbons (Fsp3) is 0.458. The Bertz CT molecular complexity index is 1230. The largest absolute Gasteiger partial charge is 0.462 e. The van der Waals surface area contributed by atoms with Gasteiger partial charge in [0.1, 0.15) is 10.5 Å². The molecule has 0 saturated carbocycles. The molecule has 1 atom stereocenters. The Labute approximate surface area is 205 Å². The zero-order valence-corrected chi connectivity index (χ0v) is 21.5. The maximum atomic E-state index is 13.7. The predicted molar refractivity (Wildman–Crippen MR) is 132 cm³/mol. The smallest absolute Gasteiger partial charge is 0.341 e. The Morgan fingerprint density at radius 2 is 1.66 bits per heavy atom. The van der Waals surface area contributed by atoms with Crippen molar-refractivity contribution in [1.29, 1.82) is 0 Å². The fourth-order valence-corrected chi connectivity index (χ4v) is 6.27. The summed E-state index contributed by atoms with van der Waals surface area (Å²) < 4.78 is 35.5. The van der Waals surface area contributed by atoms with Crippen molar-refractivity contribution in [1.82, 2.24) is 8.87 Å². The zero-order valence-electron chi connectivity index (χ0n) is 20.7. The Balaban J connectivity index is 1.81. The Hall–Kier alpha value is -3.18. The molecule has 2 N–H and O–H groups in total. The van der Waals surface area contributed by atoms with Gasteiger partial charge in [-0.15, -0.1) is 0 Å². The highest BCUT2D eigenvalue weighted by Gasteiger charge is 2.39. The minimum absolute atomic E-state index is 0.00773. The highest BCUT2D eigenvalue weighted by Crippen LogP contribution is 2.32. The van der Waals surface area contributed by atoms with Gasteiger partial charge in [-0.2, -0.15) is 4.31 Å². The molecular weight excluding hydrogens is 472 g/mol. The van der Waals surface area contributed by atoms with Gasteiger partial charge in [-0.3, -0.25) is 9.59 Å². The SMILES string of the molecule is CCOC(=O)c1c(S(=O)(=O)N2CCC[C@@H](C(=O)Nc3ccc(NC(C)=O)cc3)C2)c(C)n(C)c1C. The molecule has 3 rings (SSSR count). The predicted octanol–water partition coefficient (Wildman–Crippen LogP) is 2.82. The van der Waals surface area contributed by atoms with Gasteiger partial charge in [0.15, 0.2) is 0 Å². The molecule has 0 aliphatic carbocycles. The summed E-state index contributed by atoms with van der Waals surface area (Å²) >= 11 is 0. The Kier molecular flexibility index (Phi) is 8.01. The van der Waals surface area contributed by atoms with Crippen LogP contribution in [0.15, 0.2) is 29.2 Å². The van der Waals surface area contributed by atoms with Crippen LogP contribution >= 0.6 is 0 Å². The Morgan fingerprint density at radius 1 is 1.06 bits per heavy atom. The van der Waals surface area contributed by atoms with E-state index in [4.69, 9.17) is 4.74 Å². The monoisotopic (exact) mass is 504 g/mol. The first-order valence-electron chi connectivity index (χ1n) is 11.5. The minimum Gasteiger partial charge on any atom is -0.462 e. The summed E-state index contributed by atoms with van der Waals surface area (Å²) in [7, 11) is -2.35. The maximum absolute atomic E-state index is 13.7. The first kappa shape index (κ1) is 26.4. The van der Waals surface area contributed by atoms with E-state index < -0.39 is 21.9 Å². The first-order chi connectivity index (χ1) is 16.5. The van der Waals surface area contributed by atoms with E-state index in [1.165, 1.54) is 11.2 Å². The summed E-state index contributed by atoms with van der Waals surface area (Å²) in [5, 5.41) is 5.48. The summed E-state index contributed by atoms with van der Waals surface area (Å²) in [6, 6.07) is 6.68. The summed E-state index contributed by atoms with van der Waals surface area (Å²) in [6.07, 6.45) is 1.05. The molecule has 10 nitrogen and oxygen atoms in total. The number of rotatable bonds is 7. The average molecular weight is 505 g/mol. The number of piperidine rings is 1. The van der Waals surface area contributed by atoms with Crippen LogP contribution in [0.25, 0.3) is 0 Å². The summed E-state index contributed by atoms with van der Waals surface area (Å²) in [4.78, 5) is 36.7. The van der Waals surface area contributed by atoms with Crippen LogP contribution in [0.5, 0.6) is 0 Å². The second-order valence-electron chi connectivity index (χ2n) is 8.60. The number of anilines is 2. The molecular formula is C24H32N4O6S. The number of amides is 2. The van der Waals surface area contributed by atoms with Crippen LogP contribution in [0.2, 0.25) is 0 Å². The molecule has 1 aliphatic rings. The molecule has 1 aromatic carbocycles. The quantitative estimate of drug-likeness (QED) is 0.559. The summed E-state index contributed by atoms with van der Waals surface area (Å²) in [5.74, 6) is -1.71. The number of aromatic nitrogens is 1. The van der Waals surface area contributed by atoms with Crippen LogP contribution in [0, 0.1) is 19.8 Å². The number of benzene rings is 1. The van der Waals surface area contributed by atoms with Gasteiger partial charge in [0.05, 0.1) is 12.5 Å². The van der Waals surface area contributed by atoms with Gasteiger partial charge in [0, 0.05) is 49.8 Å². The Morgan fingerprint density at radius 3 is 2.23 bits per heavy atom. The number of nitrogens with one attached hydrogen (secondary N) is 2. The number of hydrogen-bond acceptors (Lipinski definition) is 6. The van der Waals surface area contributed by atoms with Crippen molar-refractivity contribution in [3.63, 3.8) is 0 Å². The van der Waals surface area contributed by atoms with Crippen molar-refractivity contribution in [3.8, 4) is 0 Å². The van der Waals surface area contributed by atoms with Crippen LogP contribution in [-0.2, 0) is 31.4 Å². The summed E-state index contributed by atoms with van der Waals surface area (Å²) in [5.41, 5.74) is 2.14. The lowest BCUT2D eigenvalue weighted by Crippen LogP contribution is -2.44. The molecule has 0 unspecified atom stereocenters. The number of hydrogen-bond donors (Lipinski definition) is 2. The number of esters is 1. The standard InChI is InChI=1S/C24H32N4O6S/c1-6-34-24(31)21-15(2)27(5)16(3)22(21)35(32,33)28-13-7-8-18(14-28)23(30)26-20-11-9-19(10-12-20)25-17(4)29/h9-12,18H,6-8,13-14H2,1-5H3,(H,25,29)(H,26,30)/t18-/m1/s1. The molecule has 1 fully saturated rings. The molecule has 35 heavy (non-hydrogen) atoms. The van der Waals surface area contributed by atoms with E-state index in [2.05, 4.69) is 10.6 Å². The number of carbonyl (C=O) groups excluding carboxylic acids is 3. The van der Waals surface area contributed by atoms with Gasteiger partial charge >= 0.3 is 5.97 Å². The van der Waals surface area contributed by atoms with E-state index in [-0.39, 0.29) is 42.0 Å². The lowest BCUT2D eigenvalue weighted by atomic mass is 9.98. The third kappa shape index (κ3) is 5.57. The average Bonchev–Trinajstić information content (AvgIpc) is 3.04. The van der Waals surface area contributed by atoms with E-state index in [1.54, 1.807) is 56.7 Å². The van der Waals surface area contributed by atoms with Crippen molar-refractivity contribution < 1.29 is 27.5 Å². The van der Waals surface area contributed by atoms with Gasteiger partial charge < -0.3 is 19.9 Å². The molecule has 1 aliphatic heterocycles. The lowest BCUT2D eigenvalue weighted by molar-refractivity contribution is -0.121. The maximum Gasteiger partial charge on any atom is 0.341 e. The number of nitrogens with zero attached hydrogens (tertiary/aromatic N) is 2. The molecule has 2 heterocycles. The molecule has 2 amide bonds. The van der Waals surface area contributed by atoms with E-state index in [0.717, 1.165) is 0 Å². The molecule has 1 saturated heterocycles. The van der Waals surface area contributed by atoms with Crippen LogP contribution in [-0.4, -0.2) is 54.8 Å². The van der Waals surface area contributed by atoms with Gasteiger partial charge in [-0.1, -0.05) is 0 Å². The molecule has 1 aromatic heterocycles. The van der Waals surface area contributed by atoms with E-state index in [9.17, 15) is 22.8 Å². The second-order valence-corrected chi connectivity index (χ2v) is 10.5. The van der Waals surface area contributed by atoms with Crippen LogP contribution in [0.3, 0.4) is 0 Å². The van der Waals surface area contributed by atoms with Gasteiger partial charge in [-0.05, 0) is 57.9 Å². The van der Waals surface area contributed by atoms with Gasteiger partial charge in [0.2, 0.25) is 21.8 Å². The van der Waals surface area contributed by atoms with Crippen molar-refractivity contribution in [3.05, 3.63) is 41.2 Å². The van der Waals surface area contributed by atoms with Crippen molar-refractivity contribution in [2.45, 2.75) is 45.4 Å². The first-order valence-corrected chi connectivity index (χ1v) is 12.9. The highest BCUT2D eigenvalue weighted by molar-refractivity contribution is 7.89. The molecule has 11 heteroatoms. The van der Waals surface area contributed by atoms with E-state index in [1.807, 2.05) is 0 Å². The third-order valence-electron chi connectivity index (χ3n) is 6.23. The second kappa shape index (κ2) is 10.6. The molecule has 0 radical (unpaired) electrons.